The molecule has 16 heavy (non-hydrogen) atoms. The topological polar surface area (TPSA) is 29.1 Å². The highest BCUT2D eigenvalue weighted by atomic mass is 79.9. The Kier molecular flexibility index (Phi) is 5.59. The number of alkyl halides is 1. The van der Waals surface area contributed by atoms with Gasteiger partial charge in [0.05, 0.1) is 15.6 Å². The number of amides is 1. The average Bonchev–Trinajstić information content (AvgIpc) is 2.17. The molecule has 0 aliphatic rings. The van der Waals surface area contributed by atoms with E-state index in [0.29, 0.717) is 15.6 Å². The first-order valence-corrected chi connectivity index (χ1v) is 6.75. The first-order valence-electron chi connectivity index (χ1n) is 4.87. The predicted molar refractivity (Wildman–Crippen MR) is 71.8 cm³/mol. The van der Waals surface area contributed by atoms with Gasteiger partial charge in [0, 0.05) is 11.4 Å². The molecular formula is C11H12BrCl2NO. The zero-order chi connectivity index (χ0) is 12.1. The summed E-state index contributed by atoms with van der Waals surface area (Å²) in [5.41, 5.74) is 0.340. The standard InChI is InChI=1S/C11H12BrCl2NO/c1-7(5-6-12)15-11(16)10-8(13)3-2-4-9(10)14/h2-4,7H,5-6H2,1H3,(H,15,16). The zero-order valence-electron chi connectivity index (χ0n) is 8.77. The fraction of sp³-hybridized carbons (Fsp3) is 0.364. The van der Waals surface area contributed by atoms with Gasteiger partial charge in [-0.3, -0.25) is 4.79 Å². The number of carbonyl (C=O) groups excluding carboxylic acids is 1. The van der Waals surface area contributed by atoms with Crippen LogP contribution >= 0.6 is 39.1 Å². The lowest BCUT2D eigenvalue weighted by Gasteiger charge is -2.13. The molecule has 1 N–H and O–H groups in total. The summed E-state index contributed by atoms with van der Waals surface area (Å²) >= 11 is 15.2. The summed E-state index contributed by atoms with van der Waals surface area (Å²) in [4.78, 5) is 11.9. The minimum absolute atomic E-state index is 0.0826. The van der Waals surface area contributed by atoms with Crippen LogP contribution in [0.2, 0.25) is 10.0 Å². The number of nitrogens with one attached hydrogen (secondary N) is 1. The van der Waals surface area contributed by atoms with Gasteiger partial charge in [-0.1, -0.05) is 45.2 Å². The normalized spacial score (nSPS) is 12.2. The molecule has 1 aromatic carbocycles. The largest absolute Gasteiger partial charge is 0.349 e. The van der Waals surface area contributed by atoms with Crippen LogP contribution in [0.1, 0.15) is 23.7 Å². The number of benzene rings is 1. The highest BCUT2D eigenvalue weighted by molar-refractivity contribution is 9.09. The second-order valence-electron chi connectivity index (χ2n) is 3.45. The van der Waals surface area contributed by atoms with Crippen molar-refractivity contribution in [2.24, 2.45) is 0 Å². The van der Waals surface area contributed by atoms with Gasteiger partial charge in [-0.15, -0.1) is 0 Å². The smallest absolute Gasteiger partial charge is 0.254 e. The van der Waals surface area contributed by atoms with Crippen molar-refractivity contribution in [3.8, 4) is 0 Å². The lowest BCUT2D eigenvalue weighted by molar-refractivity contribution is 0.0940. The van der Waals surface area contributed by atoms with E-state index in [1.807, 2.05) is 6.92 Å². The monoisotopic (exact) mass is 323 g/mol. The quantitative estimate of drug-likeness (QED) is 0.836. The van der Waals surface area contributed by atoms with Crippen LogP contribution in [0.4, 0.5) is 0 Å². The maximum atomic E-state index is 11.9. The second-order valence-corrected chi connectivity index (χ2v) is 5.06. The molecule has 0 fully saturated rings. The zero-order valence-corrected chi connectivity index (χ0v) is 11.9. The van der Waals surface area contributed by atoms with Crippen LogP contribution in [0.5, 0.6) is 0 Å². The molecule has 5 heteroatoms. The minimum Gasteiger partial charge on any atom is -0.349 e. The summed E-state index contributed by atoms with van der Waals surface area (Å²) in [5, 5.41) is 4.42. The molecule has 1 rings (SSSR count). The van der Waals surface area contributed by atoms with Crippen molar-refractivity contribution in [3.05, 3.63) is 33.8 Å². The van der Waals surface area contributed by atoms with Crippen LogP contribution in [-0.2, 0) is 0 Å². The second kappa shape index (κ2) is 6.48. The summed E-state index contributed by atoms with van der Waals surface area (Å²) in [6.45, 7) is 1.93. The lowest BCUT2D eigenvalue weighted by Crippen LogP contribution is -2.33. The van der Waals surface area contributed by atoms with Crippen molar-refractivity contribution in [1.29, 1.82) is 0 Å². The minimum atomic E-state index is -0.232. The third-order valence-corrected chi connectivity index (χ3v) is 3.20. The third-order valence-electron chi connectivity index (χ3n) is 2.11. The van der Waals surface area contributed by atoms with Crippen molar-refractivity contribution in [2.75, 3.05) is 5.33 Å². The Morgan fingerprint density at radius 2 is 2.00 bits per heavy atom. The first-order chi connectivity index (χ1) is 7.56. The Morgan fingerprint density at radius 3 is 2.50 bits per heavy atom. The number of hydrogen-bond acceptors (Lipinski definition) is 1. The molecule has 0 saturated carbocycles. The van der Waals surface area contributed by atoms with E-state index in [1.54, 1.807) is 18.2 Å². The Morgan fingerprint density at radius 1 is 1.44 bits per heavy atom. The Bertz CT molecular complexity index is 364. The van der Waals surface area contributed by atoms with Gasteiger partial charge < -0.3 is 5.32 Å². The maximum Gasteiger partial charge on any atom is 0.254 e. The van der Waals surface area contributed by atoms with E-state index >= 15 is 0 Å². The van der Waals surface area contributed by atoms with Gasteiger partial charge in [0.2, 0.25) is 0 Å². The van der Waals surface area contributed by atoms with Crippen molar-refractivity contribution in [1.82, 2.24) is 5.32 Å². The molecule has 0 aromatic heterocycles. The van der Waals surface area contributed by atoms with Crippen LogP contribution < -0.4 is 5.32 Å². The first kappa shape index (κ1) is 13.8. The van der Waals surface area contributed by atoms with Crippen molar-refractivity contribution in [3.63, 3.8) is 0 Å². The number of rotatable bonds is 4. The molecule has 0 heterocycles. The highest BCUT2D eigenvalue weighted by Gasteiger charge is 2.15. The molecule has 1 atom stereocenters. The molecule has 1 aromatic rings. The summed E-state index contributed by atoms with van der Waals surface area (Å²) in [5.74, 6) is -0.232. The van der Waals surface area contributed by atoms with E-state index in [0.717, 1.165) is 11.8 Å². The molecule has 0 aliphatic carbocycles. The van der Waals surface area contributed by atoms with E-state index in [-0.39, 0.29) is 11.9 Å². The van der Waals surface area contributed by atoms with Gasteiger partial charge in [-0.05, 0) is 25.5 Å². The van der Waals surface area contributed by atoms with Crippen molar-refractivity contribution < 1.29 is 4.79 Å². The summed E-state index contributed by atoms with van der Waals surface area (Å²) in [7, 11) is 0. The van der Waals surface area contributed by atoms with Gasteiger partial charge >= 0.3 is 0 Å². The Balaban J connectivity index is 2.80. The lowest BCUT2D eigenvalue weighted by atomic mass is 10.2. The SMILES string of the molecule is CC(CCBr)NC(=O)c1c(Cl)cccc1Cl. The summed E-state index contributed by atoms with van der Waals surface area (Å²) in [6, 6.07) is 5.09. The predicted octanol–water partition coefficient (Wildman–Crippen LogP) is 3.90. The van der Waals surface area contributed by atoms with E-state index in [1.165, 1.54) is 0 Å². The number of halogens is 3. The molecule has 88 valence electrons. The van der Waals surface area contributed by atoms with E-state index in [9.17, 15) is 4.79 Å². The molecule has 1 amide bonds. The molecule has 0 saturated heterocycles. The van der Waals surface area contributed by atoms with Crippen LogP contribution in [0.15, 0.2) is 18.2 Å². The summed E-state index contributed by atoms with van der Waals surface area (Å²) < 4.78 is 0. The maximum absolute atomic E-state index is 11.9. The van der Waals surface area contributed by atoms with Crippen LogP contribution in [0.25, 0.3) is 0 Å². The van der Waals surface area contributed by atoms with E-state index in [2.05, 4.69) is 21.2 Å². The molecular weight excluding hydrogens is 313 g/mol. The fourth-order valence-electron chi connectivity index (χ4n) is 1.25. The number of hydrogen-bond donors (Lipinski definition) is 1. The van der Waals surface area contributed by atoms with Gasteiger partial charge in [0.25, 0.3) is 5.91 Å². The van der Waals surface area contributed by atoms with Gasteiger partial charge in [-0.25, -0.2) is 0 Å². The van der Waals surface area contributed by atoms with Crippen LogP contribution in [0, 0.1) is 0 Å². The van der Waals surface area contributed by atoms with Crippen LogP contribution in [-0.4, -0.2) is 17.3 Å². The summed E-state index contributed by atoms with van der Waals surface area (Å²) in [6.07, 6.45) is 0.855. The average molecular weight is 325 g/mol. The molecule has 0 aliphatic heterocycles. The molecule has 0 spiro atoms. The molecule has 0 bridgehead atoms. The van der Waals surface area contributed by atoms with E-state index < -0.39 is 0 Å². The van der Waals surface area contributed by atoms with E-state index in [4.69, 9.17) is 23.2 Å². The van der Waals surface area contributed by atoms with Gasteiger partial charge in [-0.2, -0.15) is 0 Å². The molecule has 0 radical (unpaired) electrons. The fourth-order valence-corrected chi connectivity index (χ4v) is 2.50. The molecule has 1 unspecified atom stereocenters. The highest BCUT2D eigenvalue weighted by Crippen LogP contribution is 2.24. The molecule has 2 nitrogen and oxygen atoms in total. The van der Waals surface area contributed by atoms with Gasteiger partial charge in [0.1, 0.15) is 0 Å². The van der Waals surface area contributed by atoms with Crippen molar-refractivity contribution >= 4 is 45.0 Å². The number of carbonyl (C=O) groups is 1. The Hall–Kier alpha value is -0.250. The van der Waals surface area contributed by atoms with Crippen LogP contribution in [0.3, 0.4) is 0 Å². The van der Waals surface area contributed by atoms with Crippen molar-refractivity contribution in [2.45, 2.75) is 19.4 Å². The third kappa shape index (κ3) is 3.65. The van der Waals surface area contributed by atoms with Gasteiger partial charge in [0.15, 0.2) is 0 Å². The Labute approximate surface area is 113 Å².